The molecule has 2 heterocycles. The molecule has 0 aromatic carbocycles. The lowest BCUT2D eigenvalue weighted by Gasteiger charge is -2.05. The number of aromatic amines is 1. The number of nitrogens with zero attached hydrogens (tertiary/aromatic N) is 1. The molecule has 2 aromatic heterocycles. The van der Waals surface area contributed by atoms with Gasteiger partial charge in [0.1, 0.15) is 5.69 Å². The topological polar surface area (TPSA) is 74.8 Å². The monoisotopic (exact) mass is 249 g/mol. The number of rotatable bonds is 2. The van der Waals surface area contributed by atoms with E-state index in [9.17, 15) is 9.59 Å². The zero-order valence-corrected chi connectivity index (χ0v) is 9.36. The molecule has 17 heavy (non-hydrogen) atoms. The molecular formula is C11H8ClN3O2. The maximum Gasteiger partial charge on any atom is 0.272 e. The predicted molar refractivity (Wildman–Crippen MR) is 64.3 cm³/mol. The average Bonchev–Trinajstić information content (AvgIpc) is 2.32. The van der Waals surface area contributed by atoms with Crippen molar-refractivity contribution in [2.45, 2.75) is 0 Å². The Hall–Kier alpha value is -2.14. The first kappa shape index (κ1) is 11.3. The fourth-order valence-corrected chi connectivity index (χ4v) is 1.42. The SMILES string of the molecule is O=C(Nc1cccnc1Cl)c1cccc(=O)[nH]1. The number of amides is 1. The Morgan fingerprint density at radius 3 is 2.82 bits per heavy atom. The van der Waals surface area contributed by atoms with Crippen LogP contribution in [-0.4, -0.2) is 15.9 Å². The summed E-state index contributed by atoms with van der Waals surface area (Å²) in [6, 6.07) is 7.59. The van der Waals surface area contributed by atoms with Crippen molar-refractivity contribution in [1.29, 1.82) is 0 Å². The molecule has 0 saturated carbocycles. The molecule has 0 unspecified atom stereocenters. The number of aromatic nitrogens is 2. The average molecular weight is 250 g/mol. The number of pyridine rings is 2. The molecule has 0 bridgehead atoms. The standard InChI is InChI=1S/C11H8ClN3O2/c12-10-7(4-2-6-13-10)15-11(17)8-3-1-5-9(16)14-8/h1-6H,(H,14,16)(H,15,17). The molecule has 2 aromatic rings. The van der Waals surface area contributed by atoms with E-state index < -0.39 is 5.91 Å². The van der Waals surface area contributed by atoms with E-state index in [4.69, 9.17) is 11.6 Å². The first-order chi connectivity index (χ1) is 8.16. The van der Waals surface area contributed by atoms with Crippen LogP contribution in [0.5, 0.6) is 0 Å². The summed E-state index contributed by atoms with van der Waals surface area (Å²) < 4.78 is 0. The van der Waals surface area contributed by atoms with Crippen LogP contribution in [0.2, 0.25) is 5.15 Å². The van der Waals surface area contributed by atoms with Gasteiger partial charge in [0.2, 0.25) is 5.56 Å². The number of carbonyl (C=O) groups is 1. The van der Waals surface area contributed by atoms with E-state index in [0.717, 1.165) is 0 Å². The third-order valence-corrected chi connectivity index (χ3v) is 2.32. The lowest BCUT2D eigenvalue weighted by Crippen LogP contribution is -2.18. The molecule has 5 nitrogen and oxygen atoms in total. The van der Waals surface area contributed by atoms with Crippen molar-refractivity contribution in [3.05, 3.63) is 57.7 Å². The van der Waals surface area contributed by atoms with E-state index in [1.807, 2.05) is 0 Å². The number of H-pyrrole nitrogens is 1. The van der Waals surface area contributed by atoms with E-state index in [1.165, 1.54) is 24.4 Å². The summed E-state index contributed by atoms with van der Waals surface area (Å²) >= 11 is 5.79. The molecule has 0 atom stereocenters. The summed E-state index contributed by atoms with van der Waals surface area (Å²) in [5, 5.41) is 2.74. The smallest absolute Gasteiger partial charge is 0.272 e. The molecule has 0 fully saturated rings. The number of carbonyl (C=O) groups excluding carboxylic acids is 1. The van der Waals surface area contributed by atoms with Gasteiger partial charge in [0, 0.05) is 12.3 Å². The third-order valence-electron chi connectivity index (χ3n) is 2.02. The van der Waals surface area contributed by atoms with Gasteiger partial charge in [0.15, 0.2) is 5.15 Å². The number of nitrogens with one attached hydrogen (secondary N) is 2. The Labute approximate surface area is 101 Å². The van der Waals surface area contributed by atoms with Crippen molar-refractivity contribution in [2.75, 3.05) is 5.32 Å². The van der Waals surface area contributed by atoms with Crippen LogP contribution in [-0.2, 0) is 0 Å². The van der Waals surface area contributed by atoms with Gasteiger partial charge in [-0.05, 0) is 18.2 Å². The van der Waals surface area contributed by atoms with Gasteiger partial charge in [-0.1, -0.05) is 17.7 Å². The van der Waals surface area contributed by atoms with Crippen molar-refractivity contribution in [3.63, 3.8) is 0 Å². The van der Waals surface area contributed by atoms with Gasteiger partial charge in [0.05, 0.1) is 5.69 Å². The summed E-state index contributed by atoms with van der Waals surface area (Å²) in [4.78, 5) is 29.0. The first-order valence-corrected chi connectivity index (χ1v) is 5.16. The van der Waals surface area contributed by atoms with Crippen molar-refractivity contribution in [1.82, 2.24) is 9.97 Å². The fourth-order valence-electron chi connectivity index (χ4n) is 1.25. The van der Waals surface area contributed by atoms with Crippen LogP contribution in [0.15, 0.2) is 41.3 Å². The Morgan fingerprint density at radius 1 is 1.29 bits per heavy atom. The normalized spacial score (nSPS) is 9.94. The minimum atomic E-state index is -0.447. The minimum Gasteiger partial charge on any atom is -0.318 e. The lowest BCUT2D eigenvalue weighted by atomic mass is 10.3. The summed E-state index contributed by atoms with van der Waals surface area (Å²) in [6.07, 6.45) is 1.52. The van der Waals surface area contributed by atoms with Crippen molar-refractivity contribution < 1.29 is 4.79 Å². The first-order valence-electron chi connectivity index (χ1n) is 4.78. The van der Waals surface area contributed by atoms with E-state index in [1.54, 1.807) is 12.1 Å². The Balaban J connectivity index is 2.23. The molecule has 2 rings (SSSR count). The maximum absolute atomic E-state index is 11.8. The molecule has 2 N–H and O–H groups in total. The zero-order valence-electron chi connectivity index (χ0n) is 8.61. The molecular weight excluding hydrogens is 242 g/mol. The van der Waals surface area contributed by atoms with Crippen molar-refractivity contribution in [2.24, 2.45) is 0 Å². The maximum atomic E-state index is 11.8. The van der Waals surface area contributed by atoms with E-state index in [0.29, 0.717) is 5.69 Å². The van der Waals surface area contributed by atoms with Gasteiger partial charge in [-0.2, -0.15) is 0 Å². The molecule has 0 radical (unpaired) electrons. The summed E-state index contributed by atoms with van der Waals surface area (Å²) in [5.74, 6) is -0.447. The molecule has 0 saturated heterocycles. The molecule has 1 amide bonds. The molecule has 0 aliphatic carbocycles. The van der Waals surface area contributed by atoms with Crippen LogP contribution in [0, 0.1) is 0 Å². The second kappa shape index (κ2) is 4.80. The van der Waals surface area contributed by atoms with Crippen LogP contribution in [0.1, 0.15) is 10.5 Å². The highest BCUT2D eigenvalue weighted by Gasteiger charge is 2.08. The quantitative estimate of drug-likeness (QED) is 0.795. The van der Waals surface area contributed by atoms with Gasteiger partial charge < -0.3 is 10.3 Å². The van der Waals surface area contributed by atoms with E-state index >= 15 is 0 Å². The number of hydrogen-bond acceptors (Lipinski definition) is 3. The van der Waals surface area contributed by atoms with Crippen LogP contribution in [0.4, 0.5) is 5.69 Å². The minimum absolute atomic E-state index is 0.164. The lowest BCUT2D eigenvalue weighted by molar-refractivity contribution is 0.102. The Morgan fingerprint density at radius 2 is 2.12 bits per heavy atom. The zero-order chi connectivity index (χ0) is 12.3. The van der Waals surface area contributed by atoms with Crippen LogP contribution >= 0.6 is 11.6 Å². The molecule has 0 aliphatic rings. The van der Waals surface area contributed by atoms with Crippen molar-refractivity contribution >= 4 is 23.2 Å². The van der Waals surface area contributed by atoms with Crippen molar-refractivity contribution in [3.8, 4) is 0 Å². The Kier molecular flexibility index (Phi) is 3.20. The third kappa shape index (κ3) is 2.70. The fraction of sp³-hybridized carbons (Fsp3) is 0. The molecule has 86 valence electrons. The van der Waals surface area contributed by atoms with E-state index in [2.05, 4.69) is 15.3 Å². The number of anilines is 1. The van der Waals surface area contributed by atoms with E-state index in [-0.39, 0.29) is 16.4 Å². The summed E-state index contributed by atoms with van der Waals surface area (Å²) in [6.45, 7) is 0. The molecule has 0 aliphatic heterocycles. The van der Waals surface area contributed by atoms with Gasteiger partial charge in [0.25, 0.3) is 5.91 Å². The Bertz CT molecular complexity index is 609. The molecule has 0 spiro atoms. The van der Waals surface area contributed by atoms with Crippen LogP contribution in [0.3, 0.4) is 0 Å². The highest BCUT2D eigenvalue weighted by atomic mass is 35.5. The second-order valence-electron chi connectivity index (χ2n) is 3.22. The number of hydrogen-bond donors (Lipinski definition) is 2. The van der Waals surface area contributed by atoms with Gasteiger partial charge in [-0.3, -0.25) is 9.59 Å². The molecule has 6 heteroatoms. The van der Waals surface area contributed by atoms with Crippen LogP contribution in [0.25, 0.3) is 0 Å². The van der Waals surface area contributed by atoms with Crippen LogP contribution < -0.4 is 10.9 Å². The number of halogens is 1. The highest BCUT2D eigenvalue weighted by Crippen LogP contribution is 2.17. The summed E-state index contributed by atoms with van der Waals surface area (Å²) in [7, 11) is 0. The summed E-state index contributed by atoms with van der Waals surface area (Å²) in [5.41, 5.74) is 0.219. The highest BCUT2D eigenvalue weighted by molar-refractivity contribution is 6.32. The second-order valence-corrected chi connectivity index (χ2v) is 3.58. The van der Waals surface area contributed by atoms with Gasteiger partial charge >= 0.3 is 0 Å². The van der Waals surface area contributed by atoms with Gasteiger partial charge in [-0.15, -0.1) is 0 Å². The predicted octanol–water partition coefficient (Wildman–Crippen LogP) is 1.68. The van der Waals surface area contributed by atoms with Gasteiger partial charge in [-0.25, -0.2) is 4.98 Å². The largest absolute Gasteiger partial charge is 0.318 e.